The fourth-order valence-electron chi connectivity index (χ4n) is 3.52. The van der Waals surface area contributed by atoms with Crippen LogP contribution in [-0.4, -0.2) is 69.9 Å². The Morgan fingerprint density at radius 1 is 0.449 bits per heavy atom. The van der Waals surface area contributed by atoms with E-state index in [1.165, 1.54) is 14.0 Å². The van der Waals surface area contributed by atoms with E-state index in [1.54, 1.807) is 97.1 Å². The van der Waals surface area contributed by atoms with Crippen molar-refractivity contribution in [2.45, 2.75) is 6.92 Å². The van der Waals surface area contributed by atoms with Crippen molar-refractivity contribution < 1.29 is 52.3 Å². The number of benzene rings is 4. The van der Waals surface area contributed by atoms with Gasteiger partial charge in [-0.3, -0.25) is 14.4 Å². The smallest absolute Gasteiger partial charge is 0.343 e. The van der Waals surface area contributed by atoms with Gasteiger partial charge in [0.05, 0.1) is 20.2 Å². The molecule has 0 saturated carbocycles. The van der Waals surface area contributed by atoms with Crippen molar-refractivity contribution in [2.24, 2.45) is 11.5 Å². The molecule has 0 bridgehead atoms. The van der Waals surface area contributed by atoms with Crippen LogP contribution in [0.25, 0.3) is 0 Å². The number of rotatable bonds is 18. The number of hydrogen-bond donors (Lipinski definition) is 2. The van der Waals surface area contributed by atoms with Crippen molar-refractivity contribution in [3.63, 3.8) is 0 Å². The first-order chi connectivity index (χ1) is 23.7. The topological polar surface area (TPSA) is 185 Å². The van der Waals surface area contributed by atoms with E-state index in [-0.39, 0.29) is 56.9 Å². The molecule has 0 aliphatic rings. The second-order valence-corrected chi connectivity index (χ2v) is 10.0. The Labute approximate surface area is 283 Å². The third-order valence-corrected chi connectivity index (χ3v) is 6.05. The first-order valence-corrected chi connectivity index (χ1v) is 14.9. The highest BCUT2D eigenvalue weighted by atomic mass is 16.6. The van der Waals surface area contributed by atoms with Gasteiger partial charge in [-0.05, 0) is 104 Å². The highest BCUT2D eigenvalue weighted by Crippen LogP contribution is 2.27. The number of hydrogen-bond acceptors (Lipinski definition) is 13. The van der Waals surface area contributed by atoms with Crippen molar-refractivity contribution in [3.8, 4) is 46.0 Å². The van der Waals surface area contributed by atoms with Gasteiger partial charge in [-0.25, -0.2) is 4.79 Å². The van der Waals surface area contributed by atoms with Gasteiger partial charge in [-0.2, -0.15) is 0 Å². The van der Waals surface area contributed by atoms with E-state index in [0.29, 0.717) is 46.0 Å². The van der Waals surface area contributed by atoms with Crippen molar-refractivity contribution in [1.29, 1.82) is 0 Å². The van der Waals surface area contributed by atoms with Crippen molar-refractivity contribution in [1.82, 2.24) is 0 Å². The third-order valence-electron chi connectivity index (χ3n) is 6.05. The van der Waals surface area contributed by atoms with Crippen LogP contribution in [0.15, 0.2) is 97.1 Å². The molecule has 0 atom stereocenters. The van der Waals surface area contributed by atoms with Crippen LogP contribution >= 0.6 is 0 Å². The Morgan fingerprint density at radius 2 is 0.714 bits per heavy atom. The average Bonchev–Trinajstić information content (AvgIpc) is 3.13. The van der Waals surface area contributed by atoms with Gasteiger partial charge >= 0.3 is 5.97 Å². The summed E-state index contributed by atoms with van der Waals surface area (Å²) in [4.78, 5) is 44.1. The summed E-state index contributed by atoms with van der Waals surface area (Å²) in [7, 11) is 1.30. The highest BCUT2D eigenvalue weighted by molar-refractivity contribution is 5.82. The van der Waals surface area contributed by atoms with E-state index in [4.69, 9.17) is 39.9 Å². The van der Waals surface area contributed by atoms with E-state index in [2.05, 4.69) is 4.74 Å². The normalized spacial score (nSPS) is 10.0. The van der Waals surface area contributed by atoms with Gasteiger partial charge in [-0.15, -0.1) is 0 Å². The number of carbonyl (C=O) groups is 4. The minimum atomic E-state index is -0.442. The quantitative estimate of drug-likeness (QED) is 0.143. The standard InChI is InChI=1S/C18H20N2O5.C18H18O6/c19-9-13(21)11-23-15-1-5-17(6-2-15)25-18-7-3-16(4-8-18)24-12-14(22)10-20;1-13(19)11-22-14-3-7-16(8-4-14)24-17-9-5-15(6-10-17)23-12-18(20)21-2/h1-8H,9-12,19-20H2;3-10H,11-12H2,1-2H3. The zero-order valence-corrected chi connectivity index (χ0v) is 27.1. The predicted molar refractivity (Wildman–Crippen MR) is 179 cm³/mol. The summed E-state index contributed by atoms with van der Waals surface area (Å²) in [5, 5.41) is 0. The first-order valence-electron chi connectivity index (χ1n) is 14.9. The van der Waals surface area contributed by atoms with Crippen LogP contribution in [-0.2, 0) is 23.9 Å². The van der Waals surface area contributed by atoms with Crippen LogP contribution in [0.3, 0.4) is 0 Å². The summed E-state index contributed by atoms with van der Waals surface area (Å²) in [6.45, 7) is 1.19. The molecule has 0 radical (unpaired) electrons. The van der Waals surface area contributed by atoms with Crippen molar-refractivity contribution in [3.05, 3.63) is 97.1 Å². The summed E-state index contributed by atoms with van der Waals surface area (Å²) in [5.74, 6) is 3.92. The molecule has 4 aromatic rings. The van der Waals surface area contributed by atoms with Crippen LogP contribution in [0.4, 0.5) is 0 Å². The molecule has 13 heteroatoms. The predicted octanol–water partition coefficient (Wildman–Crippen LogP) is 4.29. The maximum atomic E-state index is 11.1. The minimum Gasteiger partial charge on any atom is -0.486 e. The minimum absolute atomic E-state index is 0.0372. The van der Waals surface area contributed by atoms with Crippen LogP contribution in [0.1, 0.15) is 6.92 Å². The second kappa shape index (κ2) is 20.3. The fourth-order valence-corrected chi connectivity index (χ4v) is 3.52. The van der Waals surface area contributed by atoms with Gasteiger partial charge in [0.15, 0.2) is 24.0 Å². The first kappa shape index (κ1) is 37.5. The molecule has 4 rings (SSSR count). The van der Waals surface area contributed by atoms with E-state index in [1.807, 2.05) is 0 Å². The van der Waals surface area contributed by atoms with E-state index in [0.717, 1.165) is 0 Å². The average molecular weight is 675 g/mol. The van der Waals surface area contributed by atoms with Gasteiger partial charge in [0.1, 0.15) is 65.8 Å². The van der Waals surface area contributed by atoms with E-state index < -0.39 is 5.97 Å². The monoisotopic (exact) mass is 674 g/mol. The number of ether oxygens (including phenoxy) is 7. The summed E-state index contributed by atoms with van der Waals surface area (Å²) in [6, 6.07) is 27.5. The lowest BCUT2D eigenvalue weighted by Gasteiger charge is -2.09. The van der Waals surface area contributed by atoms with Gasteiger partial charge in [0, 0.05) is 0 Å². The molecule has 0 aliphatic heterocycles. The Balaban J connectivity index is 0.000000266. The zero-order valence-electron chi connectivity index (χ0n) is 27.1. The SMILES string of the molecule is COC(=O)COc1ccc(Oc2ccc(OCC(C)=O)cc2)cc1.NCC(=O)COc1ccc(Oc2ccc(OCC(=O)CN)cc2)cc1. The fraction of sp³-hybridized carbons (Fsp3) is 0.222. The van der Waals surface area contributed by atoms with Gasteiger partial charge in [-0.1, -0.05) is 0 Å². The lowest BCUT2D eigenvalue weighted by molar-refractivity contribution is -0.143. The van der Waals surface area contributed by atoms with E-state index in [9.17, 15) is 19.2 Å². The number of methoxy groups -OCH3 is 1. The lowest BCUT2D eigenvalue weighted by Crippen LogP contribution is -2.20. The third kappa shape index (κ3) is 14.6. The molecule has 0 spiro atoms. The maximum Gasteiger partial charge on any atom is 0.343 e. The molecule has 0 unspecified atom stereocenters. The van der Waals surface area contributed by atoms with Crippen molar-refractivity contribution in [2.75, 3.05) is 46.6 Å². The van der Waals surface area contributed by atoms with E-state index >= 15 is 0 Å². The molecular formula is C36H38N2O11. The molecule has 4 N–H and O–H groups in total. The van der Waals surface area contributed by atoms with Gasteiger partial charge < -0.3 is 44.6 Å². The molecule has 4 aromatic carbocycles. The van der Waals surface area contributed by atoms with Crippen LogP contribution < -0.4 is 39.9 Å². The number of esters is 1. The largest absolute Gasteiger partial charge is 0.486 e. The van der Waals surface area contributed by atoms with Crippen LogP contribution in [0.5, 0.6) is 46.0 Å². The van der Waals surface area contributed by atoms with Crippen molar-refractivity contribution >= 4 is 23.3 Å². The number of Topliss-reactive ketones (excluding diaryl/α,β-unsaturated/α-hetero) is 3. The maximum absolute atomic E-state index is 11.1. The molecule has 0 fully saturated rings. The molecule has 0 heterocycles. The van der Waals surface area contributed by atoms with Crippen LogP contribution in [0, 0.1) is 0 Å². The van der Waals surface area contributed by atoms with Crippen LogP contribution in [0.2, 0.25) is 0 Å². The summed E-state index contributed by atoms with van der Waals surface area (Å²) < 4.78 is 37.0. The molecule has 258 valence electrons. The molecule has 49 heavy (non-hydrogen) atoms. The molecule has 0 aromatic heterocycles. The summed E-state index contributed by atoms with van der Waals surface area (Å²) in [6.07, 6.45) is 0. The molecule has 0 aliphatic carbocycles. The number of nitrogens with two attached hydrogens (primary N) is 2. The lowest BCUT2D eigenvalue weighted by atomic mass is 10.3. The Morgan fingerprint density at radius 3 is 0.980 bits per heavy atom. The summed E-state index contributed by atoms with van der Waals surface area (Å²) >= 11 is 0. The number of ketones is 3. The molecular weight excluding hydrogens is 636 g/mol. The van der Waals surface area contributed by atoms with Gasteiger partial charge in [0.2, 0.25) is 0 Å². The Hall–Kier alpha value is -5.92. The second-order valence-electron chi connectivity index (χ2n) is 10.0. The van der Waals surface area contributed by atoms with Gasteiger partial charge in [0.25, 0.3) is 0 Å². The zero-order chi connectivity index (χ0) is 35.4. The molecule has 0 amide bonds. The molecule has 13 nitrogen and oxygen atoms in total. The summed E-state index contributed by atoms with van der Waals surface area (Å²) in [5.41, 5.74) is 10.4. The molecule has 0 saturated heterocycles. The highest BCUT2D eigenvalue weighted by Gasteiger charge is 2.05. The number of carbonyl (C=O) groups excluding carboxylic acids is 4. The Bertz CT molecular complexity index is 1560. The Kier molecular flexibility index (Phi) is 15.6.